The largest absolute Gasteiger partial charge is 0.490 e. The molecule has 0 bridgehead atoms. The fraction of sp³-hybridized carbons (Fsp3) is 0.360. The molecule has 0 aliphatic carbocycles. The first kappa shape index (κ1) is 27.7. The Kier molecular flexibility index (Phi) is 8.80. The fourth-order valence-corrected chi connectivity index (χ4v) is 4.40. The topological polar surface area (TPSA) is 99.7 Å². The highest BCUT2D eigenvalue weighted by atomic mass is 35.5. The average Bonchev–Trinajstić information content (AvgIpc) is 3.36. The number of aromatic nitrogens is 2. The van der Waals surface area contributed by atoms with Gasteiger partial charge in [-0.15, -0.1) is 0 Å². The molecular formula is C25H26Cl2F2N6O3. The number of nitrogens with one attached hydrogen (secondary N) is 2. The van der Waals surface area contributed by atoms with Gasteiger partial charge in [0.2, 0.25) is 5.91 Å². The van der Waals surface area contributed by atoms with Gasteiger partial charge in [-0.1, -0.05) is 23.2 Å². The van der Waals surface area contributed by atoms with Crippen molar-refractivity contribution in [2.75, 3.05) is 44.4 Å². The Labute approximate surface area is 228 Å². The molecule has 38 heavy (non-hydrogen) atoms. The van der Waals surface area contributed by atoms with Gasteiger partial charge in [0, 0.05) is 30.2 Å². The molecule has 2 aromatic carbocycles. The molecule has 1 aliphatic heterocycles. The molecule has 2 N–H and O–H groups in total. The van der Waals surface area contributed by atoms with Crippen LogP contribution >= 0.6 is 23.2 Å². The summed E-state index contributed by atoms with van der Waals surface area (Å²) in [6.45, 7) is 1.18. The van der Waals surface area contributed by atoms with Gasteiger partial charge < -0.3 is 25.2 Å². The SMILES string of the molecule is CN(C)CCOc1cc2ncnc(Nc3ccc(F)c(Cl)c3)c2cc1NC(=O)[C@H]1CCCN1C(=O)C(F)Cl. The summed E-state index contributed by atoms with van der Waals surface area (Å²) in [4.78, 5) is 37.1. The molecule has 13 heteroatoms. The van der Waals surface area contributed by atoms with Gasteiger partial charge >= 0.3 is 0 Å². The van der Waals surface area contributed by atoms with Gasteiger partial charge in [0.25, 0.3) is 11.5 Å². The molecule has 2 amide bonds. The average molecular weight is 567 g/mol. The van der Waals surface area contributed by atoms with Crippen molar-refractivity contribution in [1.29, 1.82) is 0 Å². The van der Waals surface area contributed by atoms with E-state index in [0.29, 0.717) is 59.8 Å². The van der Waals surface area contributed by atoms with Crippen molar-refractivity contribution < 1.29 is 23.1 Å². The number of hydrogen-bond acceptors (Lipinski definition) is 7. The van der Waals surface area contributed by atoms with Crippen molar-refractivity contribution in [1.82, 2.24) is 19.8 Å². The van der Waals surface area contributed by atoms with Crippen LogP contribution in [0.2, 0.25) is 5.02 Å². The standard InChI is InChI=1S/C25H26Cl2F2N6O3/c1-34(2)8-9-38-21-12-18-15(23(31-13-30-18)32-14-5-6-17(28)16(26)10-14)11-19(21)33-24(36)20-4-3-7-35(20)25(37)22(27)29/h5-6,10-13,20,22H,3-4,7-9H2,1-2H3,(H,33,36)(H,30,31,32)/t20-,22?/m1/s1. The summed E-state index contributed by atoms with van der Waals surface area (Å²) in [7, 11) is 3.81. The van der Waals surface area contributed by atoms with E-state index < -0.39 is 29.3 Å². The number of likely N-dealkylation sites (N-methyl/N-ethyl adjacent to an activating group) is 1. The number of likely N-dealkylation sites (tertiary alicyclic amines) is 1. The van der Waals surface area contributed by atoms with Gasteiger partial charge in [0.15, 0.2) is 0 Å². The van der Waals surface area contributed by atoms with E-state index in [9.17, 15) is 18.4 Å². The van der Waals surface area contributed by atoms with Crippen LogP contribution in [0.4, 0.5) is 26.0 Å². The van der Waals surface area contributed by atoms with Crippen molar-refractivity contribution in [2.24, 2.45) is 0 Å². The van der Waals surface area contributed by atoms with Gasteiger partial charge in [-0.25, -0.2) is 18.7 Å². The number of benzene rings is 2. The summed E-state index contributed by atoms with van der Waals surface area (Å²) >= 11 is 11.3. The van der Waals surface area contributed by atoms with Crippen LogP contribution < -0.4 is 15.4 Å². The van der Waals surface area contributed by atoms with Crippen LogP contribution in [-0.4, -0.2) is 77.0 Å². The van der Waals surface area contributed by atoms with E-state index in [0.717, 1.165) is 4.90 Å². The van der Waals surface area contributed by atoms with E-state index in [-0.39, 0.29) is 11.6 Å². The molecule has 2 atom stereocenters. The Morgan fingerprint density at radius 2 is 2.05 bits per heavy atom. The molecule has 1 saturated heterocycles. The second-order valence-electron chi connectivity index (χ2n) is 8.97. The third-order valence-electron chi connectivity index (χ3n) is 6.00. The van der Waals surface area contributed by atoms with Gasteiger partial charge in [-0.05, 0) is 51.2 Å². The van der Waals surface area contributed by atoms with Crippen LogP contribution in [0.3, 0.4) is 0 Å². The Morgan fingerprint density at radius 1 is 1.26 bits per heavy atom. The number of rotatable bonds is 9. The number of fused-ring (bicyclic) bond motifs is 1. The smallest absolute Gasteiger partial charge is 0.273 e. The second kappa shape index (κ2) is 12.1. The number of anilines is 3. The molecule has 2 heterocycles. The van der Waals surface area contributed by atoms with E-state index in [2.05, 4.69) is 20.6 Å². The Balaban J connectivity index is 1.68. The summed E-state index contributed by atoms with van der Waals surface area (Å²) in [6, 6.07) is 6.60. The molecule has 1 unspecified atom stereocenters. The molecule has 1 aliphatic rings. The van der Waals surface area contributed by atoms with Crippen molar-refractivity contribution >= 4 is 63.1 Å². The Hall–Kier alpha value is -3.28. The van der Waals surface area contributed by atoms with Gasteiger partial charge in [0.1, 0.15) is 36.4 Å². The molecule has 1 aromatic heterocycles. The predicted octanol–water partition coefficient (Wildman–Crippen LogP) is 4.57. The minimum atomic E-state index is -2.22. The van der Waals surface area contributed by atoms with E-state index in [1.165, 1.54) is 24.5 Å². The summed E-state index contributed by atoms with van der Waals surface area (Å²) < 4.78 is 33.1. The maximum absolute atomic E-state index is 13.6. The number of carbonyl (C=O) groups is 2. The third kappa shape index (κ3) is 6.40. The van der Waals surface area contributed by atoms with Crippen molar-refractivity contribution in [2.45, 2.75) is 24.5 Å². The van der Waals surface area contributed by atoms with E-state index >= 15 is 0 Å². The number of ether oxygens (including phenoxy) is 1. The highest BCUT2D eigenvalue weighted by Gasteiger charge is 2.37. The lowest BCUT2D eigenvalue weighted by Crippen LogP contribution is -2.45. The molecule has 0 radical (unpaired) electrons. The second-order valence-corrected chi connectivity index (χ2v) is 9.76. The van der Waals surface area contributed by atoms with Crippen LogP contribution in [0, 0.1) is 5.82 Å². The van der Waals surface area contributed by atoms with Crippen molar-refractivity contribution in [3.8, 4) is 5.75 Å². The fourth-order valence-electron chi connectivity index (χ4n) is 4.09. The Bertz CT molecular complexity index is 1340. The summed E-state index contributed by atoms with van der Waals surface area (Å²) in [6.07, 6.45) is 2.27. The van der Waals surface area contributed by atoms with Crippen LogP contribution in [-0.2, 0) is 9.59 Å². The van der Waals surface area contributed by atoms with Crippen LogP contribution in [0.15, 0.2) is 36.7 Å². The molecule has 9 nitrogen and oxygen atoms in total. The normalized spacial score (nSPS) is 16.1. The lowest BCUT2D eigenvalue weighted by molar-refractivity contribution is -0.138. The summed E-state index contributed by atoms with van der Waals surface area (Å²) in [5, 5.41) is 6.39. The number of nitrogens with zero attached hydrogens (tertiary/aromatic N) is 4. The van der Waals surface area contributed by atoms with Crippen LogP contribution in [0.1, 0.15) is 12.8 Å². The maximum Gasteiger partial charge on any atom is 0.273 e. The maximum atomic E-state index is 13.6. The first-order valence-corrected chi connectivity index (χ1v) is 12.6. The van der Waals surface area contributed by atoms with Gasteiger partial charge in [-0.2, -0.15) is 0 Å². The quantitative estimate of drug-likeness (QED) is 0.366. The lowest BCUT2D eigenvalue weighted by Gasteiger charge is -2.24. The number of amides is 2. The highest BCUT2D eigenvalue weighted by Crippen LogP contribution is 2.34. The molecule has 0 saturated carbocycles. The van der Waals surface area contributed by atoms with Gasteiger partial charge in [-0.3, -0.25) is 9.59 Å². The zero-order valence-electron chi connectivity index (χ0n) is 20.7. The molecule has 202 valence electrons. The molecule has 0 spiro atoms. The van der Waals surface area contributed by atoms with Crippen LogP contribution in [0.25, 0.3) is 10.9 Å². The van der Waals surface area contributed by atoms with Crippen molar-refractivity contribution in [3.63, 3.8) is 0 Å². The van der Waals surface area contributed by atoms with Crippen molar-refractivity contribution in [3.05, 3.63) is 47.5 Å². The molecule has 3 aromatic rings. The molecule has 4 rings (SSSR count). The first-order valence-electron chi connectivity index (χ1n) is 11.8. The number of carbonyl (C=O) groups excluding carboxylic acids is 2. The Morgan fingerprint density at radius 3 is 2.76 bits per heavy atom. The minimum absolute atomic E-state index is 0.0546. The monoisotopic (exact) mass is 566 g/mol. The number of hydrogen-bond donors (Lipinski definition) is 2. The molecule has 1 fully saturated rings. The first-order chi connectivity index (χ1) is 18.1. The zero-order valence-corrected chi connectivity index (χ0v) is 22.2. The van der Waals surface area contributed by atoms with E-state index in [1.54, 1.807) is 12.1 Å². The molecular weight excluding hydrogens is 541 g/mol. The third-order valence-corrected chi connectivity index (χ3v) is 6.47. The number of alkyl halides is 2. The number of halogens is 4. The van der Waals surface area contributed by atoms with Crippen LogP contribution in [0.5, 0.6) is 5.75 Å². The highest BCUT2D eigenvalue weighted by molar-refractivity contribution is 6.31. The summed E-state index contributed by atoms with van der Waals surface area (Å²) in [5.74, 6) is -1.25. The summed E-state index contributed by atoms with van der Waals surface area (Å²) in [5.41, 5.74) is -0.887. The predicted molar refractivity (Wildman–Crippen MR) is 142 cm³/mol. The van der Waals surface area contributed by atoms with E-state index in [4.69, 9.17) is 27.9 Å². The van der Waals surface area contributed by atoms with Gasteiger partial charge in [0.05, 0.1) is 16.2 Å². The minimum Gasteiger partial charge on any atom is -0.490 e. The van der Waals surface area contributed by atoms with E-state index in [1.807, 2.05) is 19.0 Å². The zero-order chi connectivity index (χ0) is 27.4. The lowest BCUT2D eigenvalue weighted by atomic mass is 10.1.